The number of rotatable bonds is 6. The van der Waals surface area contributed by atoms with Gasteiger partial charge in [-0.05, 0) is 46.7 Å². The van der Waals surface area contributed by atoms with Crippen LogP contribution in [0.1, 0.15) is 17.2 Å². The standard InChI is InChI=1S/C30H25NO7/c1-36-23-15-20(16-24(37-2)29(23)38-3)26-25(27(33)19-13-12-17-8-4-5-9-18(17)14-19)28(34)30(35)31(26)21-10-6-7-11-22(21)32/h4-16,26,32-33H,1-3H3/b27-25+. The zero-order chi connectivity index (χ0) is 27.0. The summed E-state index contributed by atoms with van der Waals surface area (Å²) in [6, 6.07) is 21.2. The highest BCUT2D eigenvalue weighted by Crippen LogP contribution is 2.48. The Labute approximate surface area is 218 Å². The van der Waals surface area contributed by atoms with Gasteiger partial charge in [-0.15, -0.1) is 0 Å². The molecular weight excluding hydrogens is 486 g/mol. The molecule has 1 fully saturated rings. The Morgan fingerprint density at radius 1 is 0.789 bits per heavy atom. The van der Waals surface area contributed by atoms with E-state index < -0.39 is 17.7 Å². The quantitative estimate of drug-likeness (QED) is 0.208. The van der Waals surface area contributed by atoms with E-state index in [9.17, 15) is 19.8 Å². The van der Waals surface area contributed by atoms with Gasteiger partial charge in [-0.2, -0.15) is 0 Å². The van der Waals surface area contributed by atoms with Gasteiger partial charge < -0.3 is 24.4 Å². The summed E-state index contributed by atoms with van der Waals surface area (Å²) in [5, 5.41) is 24.0. The SMILES string of the molecule is COc1cc(C2/C(=C(\O)c3ccc4ccccc4c3)C(=O)C(=O)N2c2ccccc2O)cc(OC)c1OC. The van der Waals surface area contributed by atoms with Gasteiger partial charge in [-0.3, -0.25) is 14.5 Å². The van der Waals surface area contributed by atoms with Gasteiger partial charge >= 0.3 is 0 Å². The minimum atomic E-state index is -1.11. The van der Waals surface area contributed by atoms with Gasteiger partial charge in [0, 0.05) is 5.56 Å². The Kier molecular flexibility index (Phi) is 6.38. The maximum Gasteiger partial charge on any atom is 0.300 e. The Morgan fingerprint density at radius 3 is 2.05 bits per heavy atom. The zero-order valence-electron chi connectivity index (χ0n) is 21.0. The van der Waals surface area contributed by atoms with Gasteiger partial charge in [0.2, 0.25) is 5.75 Å². The molecule has 1 amide bonds. The average molecular weight is 512 g/mol. The molecule has 1 atom stereocenters. The predicted octanol–water partition coefficient (Wildman–Crippen LogP) is 5.20. The molecule has 1 heterocycles. The third-order valence-electron chi connectivity index (χ3n) is 6.61. The van der Waals surface area contributed by atoms with Crippen molar-refractivity contribution in [2.45, 2.75) is 6.04 Å². The number of carbonyl (C=O) groups is 2. The number of amides is 1. The second kappa shape index (κ2) is 9.82. The number of para-hydroxylation sites is 2. The van der Waals surface area contributed by atoms with Crippen LogP contribution in [0.4, 0.5) is 5.69 Å². The second-order valence-corrected chi connectivity index (χ2v) is 8.68. The molecule has 0 bridgehead atoms. The first-order valence-electron chi connectivity index (χ1n) is 11.8. The van der Waals surface area contributed by atoms with Gasteiger partial charge in [0.15, 0.2) is 11.5 Å². The van der Waals surface area contributed by atoms with Crippen molar-refractivity contribution < 1.29 is 34.0 Å². The molecule has 1 saturated heterocycles. The molecule has 4 aromatic carbocycles. The van der Waals surface area contributed by atoms with Gasteiger partial charge in [-0.1, -0.05) is 48.5 Å². The largest absolute Gasteiger partial charge is 0.507 e. The van der Waals surface area contributed by atoms with E-state index in [1.165, 1.54) is 38.4 Å². The third-order valence-corrected chi connectivity index (χ3v) is 6.61. The number of aliphatic hydroxyl groups excluding tert-OH is 1. The number of aromatic hydroxyl groups is 1. The lowest BCUT2D eigenvalue weighted by molar-refractivity contribution is -0.132. The Balaban J connectivity index is 1.80. The minimum absolute atomic E-state index is 0.117. The first kappa shape index (κ1) is 24.7. The van der Waals surface area contributed by atoms with Gasteiger partial charge in [0.05, 0.1) is 38.6 Å². The van der Waals surface area contributed by atoms with Crippen LogP contribution in [0.25, 0.3) is 16.5 Å². The van der Waals surface area contributed by atoms with Crippen molar-refractivity contribution in [3.8, 4) is 23.0 Å². The fourth-order valence-corrected chi connectivity index (χ4v) is 4.82. The first-order chi connectivity index (χ1) is 18.4. The number of nitrogens with zero attached hydrogens (tertiary/aromatic N) is 1. The lowest BCUT2D eigenvalue weighted by atomic mass is 9.93. The van der Waals surface area contributed by atoms with Crippen molar-refractivity contribution in [2.24, 2.45) is 0 Å². The summed E-state index contributed by atoms with van der Waals surface area (Å²) in [5.41, 5.74) is 0.759. The highest BCUT2D eigenvalue weighted by atomic mass is 16.5. The van der Waals surface area contributed by atoms with E-state index in [4.69, 9.17) is 14.2 Å². The zero-order valence-corrected chi connectivity index (χ0v) is 21.0. The maximum absolute atomic E-state index is 13.5. The molecular formula is C30H25NO7. The first-order valence-corrected chi connectivity index (χ1v) is 11.8. The van der Waals surface area contributed by atoms with Crippen LogP contribution in [0.15, 0.2) is 84.4 Å². The van der Waals surface area contributed by atoms with Crippen molar-refractivity contribution in [2.75, 3.05) is 26.2 Å². The number of fused-ring (bicyclic) bond motifs is 1. The Hall–Kier alpha value is -4.98. The van der Waals surface area contributed by atoms with E-state index in [2.05, 4.69) is 0 Å². The number of carbonyl (C=O) groups excluding carboxylic acids is 2. The predicted molar refractivity (Wildman–Crippen MR) is 143 cm³/mol. The van der Waals surface area contributed by atoms with Crippen LogP contribution in [-0.2, 0) is 9.59 Å². The highest BCUT2D eigenvalue weighted by Gasteiger charge is 2.48. The van der Waals surface area contributed by atoms with Gasteiger partial charge in [0.1, 0.15) is 11.5 Å². The topological polar surface area (TPSA) is 106 Å². The molecule has 0 radical (unpaired) electrons. The van der Waals surface area contributed by atoms with E-state index in [-0.39, 0.29) is 22.8 Å². The Morgan fingerprint density at radius 2 is 1.42 bits per heavy atom. The highest BCUT2D eigenvalue weighted by molar-refractivity contribution is 6.52. The van der Waals surface area contributed by atoms with Crippen molar-refractivity contribution >= 4 is 33.9 Å². The van der Waals surface area contributed by atoms with Crippen LogP contribution in [0.5, 0.6) is 23.0 Å². The van der Waals surface area contributed by atoms with E-state index in [1.807, 2.05) is 30.3 Å². The summed E-state index contributed by atoms with van der Waals surface area (Å²) in [4.78, 5) is 28.2. The summed E-state index contributed by atoms with van der Waals surface area (Å²) >= 11 is 0. The lowest BCUT2D eigenvalue weighted by Crippen LogP contribution is -2.29. The average Bonchev–Trinajstić information content (AvgIpc) is 3.21. The monoisotopic (exact) mass is 511 g/mol. The molecule has 8 nitrogen and oxygen atoms in total. The lowest BCUT2D eigenvalue weighted by Gasteiger charge is -2.27. The van der Waals surface area contributed by atoms with Crippen LogP contribution in [0.3, 0.4) is 0 Å². The summed E-state index contributed by atoms with van der Waals surface area (Å²) in [5.74, 6) is -1.40. The van der Waals surface area contributed by atoms with Crippen molar-refractivity contribution in [3.05, 3.63) is 95.6 Å². The molecule has 0 aliphatic carbocycles. The molecule has 5 rings (SSSR count). The smallest absolute Gasteiger partial charge is 0.300 e. The number of phenolic OH excluding ortho intramolecular Hbond substituents is 1. The molecule has 2 N–H and O–H groups in total. The number of hydrogen-bond donors (Lipinski definition) is 2. The number of benzene rings is 4. The van der Waals surface area contributed by atoms with E-state index in [1.54, 1.807) is 36.4 Å². The number of phenols is 1. The molecule has 0 aromatic heterocycles. The summed E-state index contributed by atoms with van der Waals surface area (Å²) < 4.78 is 16.4. The number of aliphatic hydroxyl groups is 1. The van der Waals surface area contributed by atoms with E-state index in [0.717, 1.165) is 10.8 Å². The Bertz CT molecular complexity index is 1580. The maximum atomic E-state index is 13.5. The summed E-state index contributed by atoms with van der Waals surface area (Å²) in [7, 11) is 4.38. The number of ketones is 1. The third kappa shape index (κ3) is 3.96. The molecule has 1 aliphatic heterocycles. The normalized spacial score (nSPS) is 16.6. The van der Waals surface area contributed by atoms with Crippen LogP contribution in [-0.4, -0.2) is 43.2 Å². The minimum Gasteiger partial charge on any atom is -0.507 e. The van der Waals surface area contributed by atoms with E-state index >= 15 is 0 Å². The van der Waals surface area contributed by atoms with Crippen LogP contribution >= 0.6 is 0 Å². The molecule has 1 unspecified atom stereocenters. The number of methoxy groups -OCH3 is 3. The van der Waals surface area contributed by atoms with Crippen molar-refractivity contribution in [1.29, 1.82) is 0 Å². The number of Topliss-reactive ketones (excluding diaryl/α,β-unsaturated/α-hetero) is 1. The molecule has 1 aliphatic rings. The van der Waals surface area contributed by atoms with Crippen LogP contribution in [0.2, 0.25) is 0 Å². The number of anilines is 1. The molecule has 8 heteroatoms. The van der Waals surface area contributed by atoms with Crippen molar-refractivity contribution in [3.63, 3.8) is 0 Å². The molecule has 4 aromatic rings. The molecule has 0 spiro atoms. The second-order valence-electron chi connectivity index (χ2n) is 8.68. The molecule has 38 heavy (non-hydrogen) atoms. The van der Waals surface area contributed by atoms with Gasteiger partial charge in [-0.25, -0.2) is 0 Å². The van der Waals surface area contributed by atoms with Crippen LogP contribution < -0.4 is 19.1 Å². The molecule has 0 saturated carbocycles. The summed E-state index contributed by atoms with van der Waals surface area (Å²) in [6.07, 6.45) is 0. The summed E-state index contributed by atoms with van der Waals surface area (Å²) in [6.45, 7) is 0. The fourth-order valence-electron chi connectivity index (χ4n) is 4.82. The van der Waals surface area contributed by atoms with E-state index in [0.29, 0.717) is 28.4 Å². The van der Waals surface area contributed by atoms with Crippen LogP contribution in [0, 0.1) is 0 Å². The number of hydrogen-bond acceptors (Lipinski definition) is 7. The molecule has 192 valence electrons. The van der Waals surface area contributed by atoms with Gasteiger partial charge in [0.25, 0.3) is 11.7 Å². The fraction of sp³-hybridized carbons (Fsp3) is 0.133. The van der Waals surface area contributed by atoms with Crippen molar-refractivity contribution in [1.82, 2.24) is 0 Å². The number of ether oxygens (including phenoxy) is 3.